The van der Waals surface area contributed by atoms with Gasteiger partial charge < -0.3 is 15.7 Å². The monoisotopic (exact) mass is 262 g/mol. The molecule has 1 amide bonds. The Hall–Kier alpha value is -1.55. The van der Waals surface area contributed by atoms with Crippen LogP contribution in [0.15, 0.2) is 24.3 Å². The van der Waals surface area contributed by atoms with Crippen LogP contribution < -0.4 is 10.6 Å². The lowest BCUT2D eigenvalue weighted by molar-refractivity contribution is 0.0642. The van der Waals surface area contributed by atoms with Gasteiger partial charge in [0.2, 0.25) is 0 Å². The minimum Gasteiger partial charge on any atom is -0.394 e. The van der Waals surface area contributed by atoms with Gasteiger partial charge in [-0.25, -0.2) is 0 Å². The lowest BCUT2D eigenvalue weighted by Crippen LogP contribution is -2.56. The van der Waals surface area contributed by atoms with Crippen molar-refractivity contribution in [2.24, 2.45) is 0 Å². The average molecular weight is 262 g/mol. The molecule has 1 aliphatic carbocycles. The standard InChI is InChI=1S/C15H22N2O2/c1-11(2)16-13-7-4-3-6-12(13)14(19)17-15(10-18)8-5-9-15/h3-4,6-7,11,16,18H,5,8-10H2,1-2H3,(H,17,19). The average Bonchev–Trinajstić information content (AvgIpc) is 2.33. The second kappa shape index (κ2) is 5.61. The summed E-state index contributed by atoms with van der Waals surface area (Å²) in [5.41, 5.74) is 1.07. The van der Waals surface area contributed by atoms with Crippen molar-refractivity contribution in [2.45, 2.75) is 44.7 Å². The number of hydrogen-bond donors (Lipinski definition) is 3. The Labute approximate surface area is 114 Å². The van der Waals surface area contributed by atoms with E-state index >= 15 is 0 Å². The van der Waals surface area contributed by atoms with Crippen molar-refractivity contribution in [3.63, 3.8) is 0 Å². The second-order valence-electron chi connectivity index (χ2n) is 5.59. The van der Waals surface area contributed by atoms with Crippen molar-refractivity contribution < 1.29 is 9.90 Å². The fraction of sp³-hybridized carbons (Fsp3) is 0.533. The summed E-state index contributed by atoms with van der Waals surface area (Å²) < 4.78 is 0. The van der Waals surface area contributed by atoms with E-state index in [1.54, 1.807) is 0 Å². The molecular formula is C15H22N2O2. The first-order chi connectivity index (χ1) is 9.06. The number of hydrogen-bond acceptors (Lipinski definition) is 3. The maximum absolute atomic E-state index is 12.4. The van der Waals surface area contributed by atoms with Crippen LogP contribution in [-0.2, 0) is 0 Å². The lowest BCUT2D eigenvalue weighted by atomic mass is 9.77. The van der Waals surface area contributed by atoms with Crippen LogP contribution in [0.25, 0.3) is 0 Å². The molecule has 1 aromatic rings. The summed E-state index contributed by atoms with van der Waals surface area (Å²) in [5, 5.41) is 15.7. The zero-order valence-electron chi connectivity index (χ0n) is 11.6. The summed E-state index contributed by atoms with van der Waals surface area (Å²) in [6, 6.07) is 7.74. The summed E-state index contributed by atoms with van der Waals surface area (Å²) in [6.07, 6.45) is 2.77. The van der Waals surface area contributed by atoms with Crippen LogP contribution >= 0.6 is 0 Å². The molecule has 0 heterocycles. The molecule has 0 spiro atoms. The summed E-state index contributed by atoms with van der Waals surface area (Å²) in [5.74, 6) is -0.113. The lowest BCUT2D eigenvalue weighted by Gasteiger charge is -2.41. The van der Waals surface area contributed by atoms with E-state index in [2.05, 4.69) is 10.6 Å². The van der Waals surface area contributed by atoms with Gasteiger partial charge in [0.25, 0.3) is 5.91 Å². The number of carbonyl (C=O) groups is 1. The van der Waals surface area contributed by atoms with Gasteiger partial charge in [0.1, 0.15) is 0 Å². The van der Waals surface area contributed by atoms with E-state index in [9.17, 15) is 9.90 Å². The molecule has 4 heteroatoms. The van der Waals surface area contributed by atoms with Gasteiger partial charge in [0.15, 0.2) is 0 Å². The quantitative estimate of drug-likeness (QED) is 0.762. The van der Waals surface area contributed by atoms with Crippen molar-refractivity contribution in [1.82, 2.24) is 5.32 Å². The minimum absolute atomic E-state index is 0.0124. The highest BCUT2D eigenvalue weighted by Gasteiger charge is 2.38. The molecule has 1 aromatic carbocycles. The Morgan fingerprint density at radius 3 is 2.58 bits per heavy atom. The van der Waals surface area contributed by atoms with Crippen LogP contribution in [0.5, 0.6) is 0 Å². The highest BCUT2D eigenvalue weighted by molar-refractivity contribution is 6.00. The Morgan fingerprint density at radius 2 is 2.05 bits per heavy atom. The third kappa shape index (κ3) is 3.07. The molecule has 2 rings (SSSR count). The number of aliphatic hydroxyl groups excluding tert-OH is 1. The SMILES string of the molecule is CC(C)Nc1ccccc1C(=O)NC1(CO)CCC1. The zero-order valence-corrected chi connectivity index (χ0v) is 11.6. The van der Waals surface area contributed by atoms with Crippen molar-refractivity contribution in [3.8, 4) is 0 Å². The molecule has 0 radical (unpaired) electrons. The largest absolute Gasteiger partial charge is 0.394 e. The summed E-state index contributed by atoms with van der Waals surface area (Å²) in [4.78, 5) is 12.4. The predicted octanol–water partition coefficient (Wildman–Crippen LogP) is 2.15. The van der Waals surface area contributed by atoms with E-state index in [1.165, 1.54) is 0 Å². The van der Waals surface area contributed by atoms with Crippen LogP contribution in [0.4, 0.5) is 5.69 Å². The molecule has 0 aromatic heterocycles. The number of carbonyl (C=O) groups excluding carboxylic acids is 1. The Bertz CT molecular complexity index is 448. The highest BCUT2D eigenvalue weighted by Crippen LogP contribution is 2.32. The molecule has 0 unspecified atom stereocenters. The van der Waals surface area contributed by atoms with Gasteiger partial charge in [0, 0.05) is 11.7 Å². The maximum atomic E-state index is 12.4. The van der Waals surface area contributed by atoms with Crippen LogP contribution in [0.1, 0.15) is 43.5 Å². The number of para-hydroxylation sites is 1. The normalized spacial score (nSPS) is 16.8. The number of nitrogens with one attached hydrogen (secondary N) is 2. The molecule has 0 saturated heterocycles. The van der Waals surface area contributed by atoms with Crippen LogP contribution in [0.3, 0.4) is 0 Å². The molecule has 3 N–H and O–H groups in total. The van der Waals surface area contributed by atoms with Gasteiger partial charge in [-0.3, -0.25) is 4.79 Å². The maximum Gasteiger partial charge on any atom is 0.253 e. The topological polar surface area (TPSA) is 61.4 Å². The third-order valence-electron chi connectivity index (χ3n) is 3.61. The van der Waals surface area contributed by atoms with Gasteiger partial charge in [0.05, 0.1) is 17.7 Å². The van der Waals surface area contributed by atoms with E-state index in [0.717, 1.165) is 24.9 Å². The fourth-order valence-corrected chi connectivity index (χ4v) is 2.35. The number of aliphatic hydroxyl groups is 1. The van der Waals surface area contributed by atoms with E-state index in [-0.39, 0.29) is 18.6 Å². The number of rotatable bonds is 5. The number of amides is 1. The molecule has 1 saturated carbocycles. The molecular weight excluding hydrogens is 240 g/mol. The van der Waals surface area contributed by atoms with Crippen LogP contribution in [-0.4, -0.2) is 29.2 Å². The Balaban J connectivity index is 2.14. The molecule has 0 atom stereocenters. The van der Waals surface area contributed by atoms with Gasteiger partial charge in [-0.2, -0.15) is 0 Å². The highest BCUT2D eigenvalue weighted by atomic mass is 16.3. The molecule has 0 aliphatic heterocycles. The first kappa shape index (κ1) is 13.9. The summed E-state index contributed by atoms with van der Waals surface area (Å²) >= 11 is 0. The van der Waals surface area contributed by atoms with Gasteiger partial charge in [-0.1, -0.05) is 12.1 Å². The van der Waals surface area contributed by atoms with Crippen molar-refractivity contribution in [1.29, 1.82) is 0 Å². The van der Waals surface area contributed by atoms with Gasteiger partial charge in [-0.05, 0) is 45.2 Å². The van der Waals surface area contributed by atoms with Crippen molar-refractivity contribution >= 4 is 11.6 Å². The molecule has 19 heavy (non-hydrogen) atoms. The van der Waals surface area contributed by atoms with Crippen LogP contribution in [0, 0.1) is 0 Å². The minimum atomic E-state index is -0.401. The Morgan fingerprint density at radius 1 is 1.37 bits per heavy atom. The van der Waals surface area contributed by atoms with Gasteiger partial charge in [-0.15, -0.1) is 0 Å². The summed E-state index contributed by atoms with van der Waals surface area (Å²) in [7, 11) is 0. The third-order valence-corrected chi connectivity index (χ3v) is 3.61. The molecule has 0 bridgehead atoms. The summed E-state index contributed by atoms with van der Waals surface area (Å²) in [6.45, 7) is 4.09. The van der Waals surface area contributed by atoms with E-state index in [0.29, 0.717) is 5.56 Å². The van der Waals surface area contributed by atoms with Crippen molar-refractivity contribution in [3.05, 3.63) is 29.8 Å². The predicted molar refractivity (Wildman–Crippen MR) is 76.3 cm³/mol. The smallest absolute Gasteiger partial charge is 0.253 e. The molecule has 4 nitrogen and oxygen atoms in total. The molecule has 1 aliphatic rings. The first-order valence-corrected chi connectivity index (χ1v) is 6.85. The van der Waals surface area contributed by atoms with E-state index in [1.807, 2.05) is 38.1 Å². The molecule has 104 valence electrons. The zero-order chi connectivity index (χ0) is 13.9. The van der Waals surface area contributed by atoms with Crippen LogP contribution in [0.2, 0.25) is 0 Å². The Kier molecular flexibility index (Phi) is 4.10. The van der Waals surface area contributed by atoms with Crippen molar-refractivity contribution in [2.75, 3.05) is 11.9 Å². The first-order valence-electron chi connectivity index (χ1n) is 6.85. The second-order valence-corrected chi connectivity index (χ2v) is 5.59. The number of anilines is 1. The number of benzene rings is 1. The van der Waals surface area contributed by atoms with E-state index in [4.69, 9.17) is 0 Å². The van der Waals surface area contributed by atoms with Gasteiger partial charge >= 0.3 is 0 Å². The van der Waals surface area contributed by atoms with E-state index < -0.39 is 5.54 Å². The molecule has 1 fully saturated rings. The fourth-order valence-electron chi connectivity index (χ4n) is 2.35.